The number of hydrogen-bond acceptors (Lipinski definition) is 1. The topological polar surface area (TPSA) is 19.1 Å². The second kappa shape index (κ2) is 8.97. The summed E-state index contributed by atoms with van der Waals surface area (Å²) in [7, 11) is 0.531. The summed E-state index contributed by atoms with van der Waals surface area (Å²) in [5.41, 5.74) is 4.50. The summed E-state index contributed by atoms with van der Waals surface area (Å²) >= 11 is 0. The lowest BCUT2D eigenvalue weighted by Gasteiger charge is -2.18. The lowest BCUT2D eigenvalue weighted by molar-refractivity contribution is 0.538. The highest BCUT2D eigenvalue weighted by molar-refractivity contribution is 7.38. The summed E-state index contributed by atoms with van der Waals surface area (Å²) in [4.78, 5) is 0. The largest absolute Gasteiger partial charge is 0.308 e. The molecule has 0 saturated heterocycles. The Morgan fingerprint density at radius 3 is 1.30 bits per heavy atom. The standard InChI is InChI=1S/C33H25N2OP/c1-36-37-34(26-14-4-2-5-15-26)30-22-20-24-12-8-10-18-28(24)32(30)33-29-19-11-9-13-25(29)21-23-31(33)35(37)27-16-6-3-7-17-27/h2-23H,1H3. The summed E-state index contributed by atoms with van der Waals surface area (Å²) in [6, 6.07) is 47.6. The van der Waals surface area contributed by atoms with Crippen LogP contribution >= 0.6 is 8.08 Å². The van der Waals surface area contributed by atoms with E-state index in [0.29, 0.717) is 0 Å². The fourth-order valence-electron chi connectivity index (χ4n) is 5.45. The Labute approximate surface area is 216 Å². The van der Waals surface area contributed by atoms with Gasteiger partial charge in [0.1, 0.15) is 0 Å². The predicted molar refractivity (Wildman–Crippen MR) is 158 cm³/mol. The maximum atomic E-state index is 6.46. The van der Waals surface area contributed by atoms with Crippen molar-refractivity contribution in [2.45, 2.75) is 0 Å². The van der Waals surface area contributed by atoms with Crippen molar-refractivity contribution in [1.29, 1.82) is 0 Å². The Balaban J connectivity index is 1.90. The lowest BCUT2D eigenvalue weighted by Crippen LogP contribution is -2.04. The van der Waals surface area contributed by atoms with Crippen LogP contribution in [-0.2, 0) is 0 Å². The third-order valence-corrected chi connectivity index (χ3v) is 8.93. The van der Waals surface area contributed by atoms with Gasteiger partial charge < -0.3 is 4.52 Å². The highest BCUT2D eigenvalue weighted by Crippen LogP contribution is 2.43. The summed E-state index contributed by atoms with van der Waals surface area (Å²) in [6.07, 6.45) is 0. The zero-order chi connectivity index (χ0) is 24.8. The van der Waals surface area contributed by atoms with E-state index in [1.54, 1.807) is 0 Å². The molecule has 1 heterocycles. The van der Waals surface area contributed by atoms with Crippen molar-refractivity contribution in [1.82, 2.24) is 8.66 Å². The third kappa shape index (κ3) is 3.48. The second-order valence-electron chi connectivity index (χ2n) is 9.09. The monoisotopic (exact) mass is 496 g/mol. The van der Waals surface area contributed by atoms with Gasteiger partial charge in [-0.1, -0.05) is 97.1 Å². The summed E-state index contributed by atoms with van der Waals surface area (Å²) in [5, 5.41) is 7.39. The molecule has 0 fully saturated rings. The minimum atomic E-state index is -1.29. The Bertz CT molecular complexity index is 1820. The van der Waals surface area contributed by atoms with Gasteiger partial charge in [-0.05, 0) is 57.9 Å². The molecule has 0 unspecified atom stereocenters. The maximum Gasteiger partial charge on any atom is 0.185 e. The number of fused-ring (bicyclic) bond motifs is 7. The van der Waals surface area contributed by atoms with E-state index in [2.05, 4.69) is 142 Å². The lowest BCUT2D eigenvalue weighted by atomic mass is 9.98. The summed E-state index contributed by atoms with van der Waals surface area (Å²) in [5.74, 6) is 0. The van der Waals surface area contributed by atoms with Crippen LogP contribution < -0.4 is 4.52 Å². The Hall–Kier alpha value is -4.30. The number of aromatic nitrogens is 2. The number of hydrogen-bond donors (Lipinski definition) is 0. The third-order valence-electron chi connectivity index (χ3n) is 7.03. The van der Waals surface area contributed by atoms with Gasteiger partial charge in [0, 0.05) is 17.9 Å². The molecule has 0 N–H and O–H groups in total. The summed E-state index contributed by atoms with van der Waals surface area (Å²) < 4.78 is 11.2. The zero-order valence-corrected chi connectivity index (χ0v) is 21.3. The molecule has 3 nitrogen and oxygen atoms in total. The van der Waals surface area contributed by atoms with Gasteiger partial charge in [-0.25, -0.2) is 0 Å². The van der Waals surface area contributed by atoms with E-state index in [9.17, 15) is 0 Å². The molecule has 0 aliphatic rings. The molecule has 0 bridgehead atoms. The number of rotatable bonds is 3. The van der Waals surface area contributed by atoms with Crippen molar-refractivity contribution in [3.63, 3.8) is 0 Å². The first kappa shape index (κ1) is 21.9. The molecule has 0 amide bonds. The van der Waals surface area contributed by atoms with Gasteiger partial charge in [0.15, 0.2) is 8.08 Å². The van der Waals surface area contributed by atoms with Crippen LogP contribution in [0.2, 0.25) is 0 Å². The molecule has 178 valence electrons. The van der Waals surface area contributed by atoms with Gasteiger partial charge in [-0.2, -0.15) is 0 Å². The van der Waals surface area contributed by atoms with Gasteiger partial charge in [-0.3, -0.25) is 8.66 Å². The Morgan fingerprint density at radius 1 is 0.459 bits per heavy atom. The SMILES string of the molecule is COp1n(-c2ccccc2)c2ccc3ccccc3c2c2c3ccccc3ccc2n1-c1ccccc1. The van der Waals surface area contributed by atoms with Crippen LogP contribution in [0.15, 0.2) is 133 Å². The van der Waals surface area contributed by atoms with E-state index >= 15 is 0 Å². The summed E-state index contributed by atoms with van der Waals surface area (Å²) in [6.45, 7) is 0. The molecule has 4 heteroatoms. The molecule has 0 spiro atoms. The molecule has 0 saturated carbocycles. The van der Waals surface area contributed by atoms with Gasteiger partial charge in [0.2, 0.25) is 0 Å². The van der Waals surface area contributed by atoms with E-state index < -0.39 is 8.08 Å². The molecule has 0 aliphatic heterocycles. The van der Waals surface area contributed by atoms with Crippen LogP contribution in [-0.4, -0.2) is 15.8 Å². The molecule has 0 aliphatic carbocycles. The fourth-order valence-corrected chi connectivity index (χ4v) is 7.32. The molecule has 37 heavy (non-hydrogen) atoms. The van der Waals surface area contributed by atoms with Crippen molar-refractivity contribution in [3.8, 4) is 11.4 Å². The van der Waals surface area contributed by atoms with Crippen molar-refractivity contribution in [2.24, 2.45) is 0 Å². The first-order chi connectivity index (χ1) is 18.3. The predicted octanol–water partition coefficient (Wildman–Crippen LogP) is 9.05. The van der Waals surface area contributed by atoms with Crippen molar-refractivity contribution >= 4 is 51.4 Å². The highest BCUT2D eigenvalue weighted by Gasteiger charge is 2.19. The molecule has 0 atom stereocenters. The first-order valence-electron chi connectivity index (χ1n) is 12.4. The molecular formula is C33H25N2OP. The van der Waals surface area contributed by atoms with Gasteiger partial charge >= 0.3 is 0 Å². The number of nitrogens with zero attached hydrogens (tertiary/aromatic N) is 2. The molecule has 7 aromatic rings. The van der Waals surface area contributed by atoms with E-state index in [1.165, 1.54) is 32.3 Å². The second-order valence-corrected chi connectivity index (χ2v) is 10.8. The smallest absolute Gasteiger partial charge is 0.185 e. The van der Waals surface area contributed by atoms with Gasteiger partial charge in [0.25, 0.3) is 0 Å². The van der Waals surface area contributed by atoms with E-state index in [1.807, 2.05) is 7.11 Å². The quantitative estimate of drug-likeness (QED) is 0.239. The Morgan fingerprint density at radius 2 is 0.865 bits per heavy atom. The van der Waals surface area contributed by atoms with Crippen molar-refractivity contribution in [3.05, 3.63) is 133 Å². The zero-order valence-electron chi connectivity index (χ0n) is 20.5. The minimum absolute atomic E-state index is 1.10. The average molecular weight is 497 g/mol. The normalized spacial score (nSPS) is 11.5. The molecule has 1 aromatic heterocycles. The van der Waals surface area contributed by atoms with Crippen LogP contribution in [0, 0.1) is 0 Å². The molecule has 6 aromatic carbocycles. The maximum absolute atomic E-state index is 6.46. The molecule has 0 radical (unpaired) electrons. The fraction of sp³-hybridized carbons (Fsp3) is 0.0303. The Kier molecular flexibility index (Phi) is 5.32. The van der Waals surface area contributed by atoms with Crippen LogP contribution in [0.25, 0.3) is 54.7 Å². The average Bonchev–Trinajstić information content (AvgIpc) is 3.10. The van der Waals surface area contributed by atoms with E-state index in [-0.39, 0.29) is 0 Å². The van der Waals surface area contributed by atoms with Gasteiger partial charge in [0.05, 0.1) is 22.4 Å². The van der Waals surface area contributed by atoms with Crippen molar-refractivity contribution < 1.29 is 4.52 Å². The van der Waals surface area contributed by atoms with Gasteiger partial charge in [-0.15, -0.1) is 0 Å². The molecular weight excluding hydrogens is 471 g/mol. The van der Waals surface area contributed by atoms with E-state index in [0.717, 1.165) is 22.4 Å². The highest BCUT2D eigenvalue weighted by atomic mass is 31.1. The van der Waals surface area contributed by atoms with Crippen LogP contribution in [0.4, 0.5) is 0 Å². The van der Waals surface area contributed by atoms with Crippen LogP contribution in [0.1, 0.15) is 0 Å². The van der Waals surface area contributed by atoms with Crippen LogP contribution in [0.5, 0.6) is 0 Å². The minimum Gasteiger partial charge on any atom is -0.308 e. The van der Waals surface area contributed by atoms with Crippen molar-refractivity contribution in [2.75, 3.05) is 7.11 Å². The number of benzene rings is 6. The molecule has 7 rings (SSSR count). The van der Waals surface area contributed by atoms with Crippen LogP contribution in [0.3, 0.4) is 0 Å². The van der Waals surface area contributed by atoms with E-state index in [4.69, 9.17) is 4.52 Å². The number of para-hydroxylation sites is 2. The first-order valence-corrected chi connectivity index (χ1v) is 13.6.